The van der Waals surface area contributed by atoms with Crippen LogP contribution in [0.3, 0.4) is 0 Å². The van der Waals surface area contributed by atoms with Gasteiger partial charge in [0, 0.05) is 12.8 Å². The van der Waals surface area contributed by atoms with Crippen LogP contribution < -0.4 is 0 Å². The minimum absolute atomic E-state index is 0.0150. The monoisotopic (exact) mass is 440 g/mol. The van der Waals surface area contributed by atoms with Gasteiger partial charge in [0.05, 0.1) is 13.2 Å². The van der Waals surface area contributed by atoms with E-state index in [0.717, 1.165) is 44.9 Å². The predicted octanol–water partition coefficient (Wildman–Crippen LogP) is 8.16. The van der Waals surface area contributed by atoms with Gasteiger partial charge in [-0.15, -0.1) is 0 Å². The Hall–Kier alpha value is -1.06. The number of esters is 2. The zero-order valence-corrected chi connectivity index (χ0v) is 21.1. The van der Waals surface area contributed by atoms with Crippen LogP contribution >= 0.6 is 0 Å². The van der Waals surface area contributed by atoms with Gasteiger partial charge in [0.15, 0.2) is 0 Å². The van der Waals surface area contributed by atoms with Crippen LogP contribution in [0.25, 0.3) is 0 Å². The Labute approximate surface area is 193 Å². The first-order valence-electron chi connectivity index (χ1n) is 13.4. The van der Waals surface area contributed by atoms with Crippen molar-refractivity contribution < 1.29 is 19.1 Å². The zero-order valence-electron chi connectivity index (χ0n) is 21.1. The van der Waals surface area contributed by atoms with E-state index in [0.29, 0.717) is 32.0 Å². The van der Waals surface area contributed by atoms with Gasteiger partial charge in [-0.2, -0.15) is 0 Å². The van der Waals surface area contributed by atoms with Crippen LogP contribution in [0.15, 0.2) is 0 Å². The maximum atomic E-state index is 11.7. The molecule has 0 fully saturated rings. The molecule has 0 aliphatic rings. The highest BCUT2D eigenvalue weighted by molar-refractivity contribution is 5.69. The van der Waals surface area contributed by atoms with Crippen LogP contribution in [0.1, 0.15) is 143 Å². The Morgan fingerprint density at radius 3 is 1.48 bits per heavy atom. The predicted molar refractivity (Wildman–Crippen MR) is 130 cm³/mol. The van der Waals surface area contributed by atoms with Crippen LogP contribution in [0.5, 0.6) is 0 Å². The van der Waals surface area contributed by atoms with E-state index in [-0.39, 0.29) is 11.9 Å². The molecule has 1 atom stereocenters. The molecule has 0 aliphatic carbocycles. The Bertz CT molecular complexity index is 408. The van der Waals surface area contributed by atoms with Crippen molar-refractivity contribution in [3.05, 3.63) is 0 Å². The summed E-state index contributed by atoms with van der Waals surface area (Å²) in [5.41, 5.74) is 0. The average molecular weight is 441 g/mol. The highest BCUT2D eigenvalue weighted by Crippen LogP contribution is 2.20. The summed E-state index contributed by atoms with van der Waals surface area (Å²) >= 11 is 0. The molecular weight excluding hydrogens is 388 g/mol. The van der Waals surface area contributed by atoms with Gasteiger partial charge < -0.3 is 9.47 Å². The van der Waals surface area contributed by atoms with E-state index < -0.39 is 0 Å². The van der Waals surface area contributed by atoms with Gasteiger partial charge in [0.25, 0.3) is 0 Å². The molecule has 4 nitrogen and oxygen atoms in total. The molecule has 0 aromatic heterocycles. The minimum atomic E-state index is -0.0225. The highest BCUT2D eigenvalue weighted by Gasteiger charge is 2.10. The average Bonchev–Trinajstić information content (AvgIpc) is 2.76. The first-order valence-corrected chi connectivity index (χ1v) is 13.4. The van der Waals surface area contributed by atoms with Crippen LogP contribution in [0, 0.1) is 5.92 Å². The fourth-order valence-electron chi connectivity index (χ4n) is 3.80. The summed E-state index contributed by atoms with van der Waals surface area (Å²) < 4.78 is 10.4. The van der Waals surface area contributed by atoms with E-state index in [1.54, 1.807) is 0 Å². The summed E-state index contributed by atoms with van der Waals surface area (Å²) in [5, 5.41) is 0. The van der Waals surface area contributed by atoms with Crippen molar-refractivity contribution in [2.24, 2.45) is 5.92 Å². The summed E-state index contributed by atoms with van der Waals surface area (Å²) in [5.74, 6) is 0.632. The molecule has 4 heteroatoms. The smallest absolute Gasteiger partial charge is 0.305 e. The van der Waals surface area contributed by atoms with E-state index >= 15 is 0 Å². The molecule has 0 aliphatic heterocycles. The summed E-state index contributed by atoms with van der Waals surface area (Å²) in [6.07, 6.45) is 21.2. The van der Waals surface area contributed by atoms with Crippen LogP contribution in [-0.2, 0) is 19.1 Å². The van der Waals surface area contributed by atoms with E-state index in [4.69, 9.17) is 9.47 Å². The summed E-state index contributed by atoms with van der Waals surface area (Å²) in [6, 6.07) is 0. The maximum absolute atomic E-state index is 11.7. The second-order valence-corrected chi connectivity index (χ2v) is 9.04. The quantitative estimate of drug-likeness (QED) is 0.119. The molecular formula is C27H52O4. The van der Waals surface area contributed by atoms with Gasteiger partial charge in [-0.25, -0.2) is 0 Å². The standard InChI is InChI=1S/C27H52O4/c1-4-7-23-30-26(28)20-18-16-14-12-10-9-11-13-15-17-19-25(6-3)21-22-27(29)31-24-8-5-2/h25H,4-24H2,1-3H3. The van der Waals surface area contributed by atoms with Gasteiger partial charge in [0.2, 0.25) is 0 Å². The molecule has 0 rings (SSSR count). The van der Waals surface area contributed by atoms with Gasteiger partial charge in [-0.1, -0.05) is 104 Å². The fourth-order valence-corrected chi connectivity index (χ4v) is 3.80. The first-order chi connectivity index (χ1) is 15.1. The summed E-state index contributed by atoms with van der Waals surface area (Å²) in [4.78, 5) is 23.2. The molecule has 0 saturated carbocycles. The van der Waals surface area contributed by atoms with Gasteiger partial charge in [-0.3, -0.25) is 9.59 Å². The van der Waals surface area contributed by atoms with Crippen LogP contribution in [-0.4, -0.2) is 25.2 Å². The molecule has 31 heavy (non-hydrogen) atoms. The van der Waals surface area contributed by atoms with Crippen LogP contribution in [0.4, 0.5) is 0 Å². The van der Waals surface area contributed by atoms with Crippen LogP contribution in [0.2, 0.25) is 0 Å². The highest BCUT2D eigenvalue weighted by atomic mass is 16.5. The third-order valence-electron chi connectivity index (χ3n) is 6.10. The molecule has 0 amide bonds. The van der Waals surface area contributed by atoms with Crippen molar-refractivity contribution in [2.45, 2.75) is 143 Å². The Morgan fingerprint density at radius 2 is 1.00 bits per heavy atom. The molecule has 0 aromatic rings. The first kappa shape index (κ1) is 29.9. The minimum Gasteiger partial charge on any atom is -0.466 e. The Kier molecular flexibility index (Phi) is 22.8. The molecule has 0 spiro atoms. The fraction of sp³-hybridized carbons (Fsp3) is 0.926. The number of hydrogen-bond donors (Lipinski definition) is 0. The van der Waals surface area contributed by atoms with E-state index in [1.807, 2.05) is 0 Å². The lowest BCUT2D eigenvalue weighted by Gasteiger charge is -2.14. The lowest BCUT2D eigenvalue weighted by Crippen LogP contribution is -2.09. The van der Waals surface area contributed by atoms with Crippen molar-refractivity contribution in [3.8, 4) is 0 Å². The van der Waals surface area contributed by atoms with Crippen molar-refractivity contribution in [2.75, 3.05) is 13.2 Å². The van der Waals surface area contributed by atoms with Crippen molar-refractivity contribution in [1.82, 2.24) is 0 Å². The zero-order chi connectivity index (χ0) is 23.0. The lowest BCUT2D eigenvalue weighted by atomic mass is 9.93. The third-order valence-corrected chi connectivity index (χ3v) is 6.10. The molecule has 0 heterocycles. The number of carbonyl (C=O) groups is 2. The third kappa shape index (κ3) is 21.9. The molecule has 0 bridgehead atoms. The molecule has 184 valence electrons. The van der Waals surface area contributed by atoms with Gasteiger partial charge in [0.1, 0.15) is 0 Å². The second kappa shape index (κ2) is 23.6. The lowest BCUT2D eigenvalue weighted by molar-refractivity contribution is -0.144. The molecule has 1 unspecified atom stereocenters. The van der Waals surface area contributed by atoms with Crippen molar-refractivity contribution in [3.63, 3.8) is 0 Å². The number of unbranched alkanes of at least 4 members (excludes halogenated alkanes) is 11. The molecule has 0 radical (unpaired) electrons. The summed E-state index contributed by atoms with van der Waals surface area (Å²) in [6.45, 7) is 7.62. The maximum Gasteiger partial charge on any atom is 0.305 e. The van der Waals surface area contributed by atoms with E-state index in [2.05, 4.69) is 20.8 Å². The van der Waals surface area contributed by atoms with Gasteiger partial charge >= 0.3 is 11.9 Å². The Balaban J connectivity index is 3.40. The molecule has 0 N–H and O–H groups in total. The normalized spacial score (nSPS) is 12.0. The van der Waals surface area contributed by atoms with E-state index in [9.17, 15) is 9.59 Å². The number of carbonyl (C=O) groups excluding carboxylic acids is 2. The van der Waals surface area contributed by atoms with Crippen molar-refractivity contribution >= 4 is 11.9 Å². The number of rotatable bonds is 23. The SMILES string of the molecule is CCCCOC(=O)CCCCCCCCCCCCC(CC)CCC(=O)OCCCC. The van der Waals surface area contributed by atoms with E-state index in [1.165, 1.54) is 64.2 Å². The largest absolute Gasteiger partial charge is 0.466 e. The number of ether oxygens (including phenoxy) is 2. The van der Waals surface area contributed by atoms with Gasteiger partial charge in [-0.05, 0) is 31.6 Å². The topological polar surface area (TPSA) is 52.6 Å². The molecule has 0 aromatic carbocycles. The summed E-state index contributed by atoms with van der Waals surface area (Å²) in [7, 11) is 0. The second-order valence-electron chi connectivity index (χ2n) is 9.04. The van der Waals surface area contributed by atoms with Crippen molar-refractivity contribution in [1.29, 1.82) is 0 Å². The number of hydrogen-bond acceptors (Lipinski definition) is 4. The Morgan fingerprint density at radius 1 is 0.548 bits per heavy atom. The molecule has 0 saturated heterocycles.